The van der Waals surface area contributed by atoms with Gasteiger partial charge in [0.05, 0.1) is 20.8 Å². The summed E-state index contributed by atoms with van der Waals surface area (Å²) < 4.78 is 10.5. The van der Waals surface area contributed by atoms with Crippen LogP contribution in [0, 0.1) is 0 Å². The molecule has 1 aliphatic rings. The molecule has 0 unspecified atom stereocenters. The van der Waals surface area contributed by atoms with Crippen LogP contribution < -0.4 is 14.8 Å². The van der Waals surface area contributed by atoms with E-state index in [0.29, 0.717) is 30.2 Å². The van der Waals surface area contributed by atoms with Crippen LogP contribution in [-0.4, -0.2) is 50.6 Å². The molecule has 2 amide bonds. The van der Waals surface area contributed by atoms with Crippen molar-refractivity contribution >= 4 is 11.8 Å². The van der Waals surface area contributed by atoms with Crippen molar-refractivity contribution in [3.63, 3.8) is 0 Å². The molecule has 1 heterocycles. The molecule has 2 rings (SSSR count). The molecule has 0 aromatic heterocycles. The summed E-state index contributed by atoms with van der Waals surface area (Å²) >= 11 is 0. The molecular formula is C14H18N2O4. The Morgan fingerprint density at radius 3 is 2.50 bits per heavy atom. The van der Waals surface area contributed by atoms with Crippen molar-refractivity contribution < 1.29 is 19.1 Å². The quantitative estimate of drug-likeness (QED) is 0.882. The number of hydrogen-bond donors (Lipinski definition) is 1. The van der Waals surface area contributed by atoms with Gasteiger partial charge in [0, 0.05) is 13.1 Å². The number of nitrogens with zero attached hydrogens (tertiary/aromatic N) is 1. The molecule has 0 radical (unpaired) electrons. The van der Waals surface area contributed by atoms with E-state index in [4.69, 9.17) is 9.47 Å². The first kappa shape index (κ1) is 14.2. The molecule has 0 aliphatic carbocycles. The molecule has 6 nitrogen and oxygen atoms in total. The summed E-state index contributed by atoms with van der Waals surface area (Å²) in [5, 5.41) is 2.74. The van der Waals surface area contributed by atoms with Crippen LogP contribution in [0.25, 0.3) is 0 Å². The van der Waals surface area contributed by atoms with Gasteiger partial charge in [0.15, 0.2) is 0 Å². The third-order valence-corrected chi connectivity index (χ3v) is 3.19. The van der Waals surface area contributed by atoms with E-state index in [1.807, 2.05) is 0 Å². The van der Waals surface area contributed by atoms with Crippen LogP contribution in [0.15, 0.2) is 18.2 Å². The fourth-order valence-corrected chi connectivity index (χ4v) is 2.20. The second kappa shape index (κ2) is 6.27. The number of hydrogen-bond acceptors (Lipinski definition) is 4. The summed E-state index contributed by atoms with van der Waals surface area (Å²) in [5.41, 5.74) is 0.354. The maximum Gasteiger partial charge on any atom is 0.261 e. The van der Waals surface area contributed by atoms with Crippen molar-refractivity contribution in [1.29, 1.82) is 0 Å². The van der Waals surface area contributed by atoms with Crippen molar-refractivity contribution in [3.05, 3.63) is 23.8 Å². The lowest BCUT2D eigenvalue weighted by molar-refractivity contribution is -0.121. The lowest BCUT2D eigenvalue weighted by Gasteiger charge is -2.21. The largest absolute Gasteiger partial charge is 0.496 e. The smallest absolute Gasteiger partial charge is 0.261 e. The molecule has 0 bridgehead atoms. The van der Waals surface area contributed by atoms with Crippen LogP contribution in [0.4, 0.5) is 0 Å². The number of ether oxygens (including phenoxy) is 2. The second-order valence-electron chi connectivity index (χ2n) is 4.47. The Morgan fingerprint density at radius 2 is 1.90 bits per heavy atom. The molecule has 1 aromatic rings. The lowest BCUT2D eigenvalue weighted by atomic mass is 10.1. The SMILES string of the molecule is COc1cccc(OC)c1C(=O)N1CCCNC(=O)C1. The number of carbonyl (C=O) groups excluding carboxylic acids is 2. The van der Waals surface area contributed by atoms with Gasteiger partial charge in [0.25, 0.3) is 5.91 Å². The van der Waals surface area contributed by atoms with E-state index in [0.717, 1.165) is 6.42 Å². The molecule has 1 saturated heterocycles. The lowest BCUT2D eigenvalue weighted by Crippen LogP contribution is -2.37. The summed E-state index contributed by atoms with van der Waals surface area (Å²) in [7, 11) is 3.00. The van der Waals surface area contributed by atoms with Crippen LogP contribution in [0.2, 0.25) is 0 Å². The van der Waals surface area contributed by atoms with E-state index < -0.39 is 0 Å². The highest BCUT2D eigenvalue weighted by atomic mass is 16.5. The molecule has 6 heteroatoms. The maximum absolute atomic E-state index is 12.6. The van der Waals surface area contributed by atoms with Crippen LogP contribution in [0.5, 0.6) is 11.5 Å². The van der Waals surface area contributed by atoms with E-state index in [1.54, 1.807) is 18.2 Å². The van der Waals surface area contributed by atoms with E-state index in [2.05, 4.69) is 5.32 Å². The molecule has 1 N–H and O–H groups in total. The minimum absolute atomic E-state index is 0.0556. The number of rotatable bonds is 3. The van der Waals surface area contributed by atoms with Gasteiger partial charge in [0.1, 0.15) is 17.1 Å². The van der Waals surface area contributed by atoms with Crippen LogP contribution >= 0.6 is 0 Å². The maximum atomic E-state index is 12.6. The van der Waals surface area contributed by atoms with Gasteiger partial charge < -0.3 is 19.7 Å². The molecular weight excluding hydrogens is 260 g/mol. The van der Waals surface area contributed by atoms with Gasteiger partial charge in [-0.2, -0.15) is 0 Å². The van der Waals surface area contributed by atoms with Crippen LogP contribution in [-0.2, 0) is 4.79 Å². The standard InChI is InChI=1S/C14H18N2O4/c1-19-10-5-3-6-11(20-2)13(10)14(18)16-8-4-7-15-12(17)9-16/h3,5-6H,4,7-9H2,1-2H3,(H,15,17). The zero-order valence-electron chi connectivity index (χ0n) is 11.6. The Labute approximate surface area is 117 Å². The Kier molecular flexibility index (Phi) is 4.45. The van der Waals surface area contributed by atoms with Gasteiger partial charge in [-0.3, -0.25) is 9.59 Å². The zero-order chi connectivity index (χ0) is 14.5. The number of benzene rings is 1. The van der Waals surface area contributed by atoms with Crippen molar-refractivity contribution in [3.8, 4) is 11.5 Å². The summed E-state index contributed by atoms with van der Waals surface area (Å²) in [6.07, 6.45) is 0.731. The van der Waals surface area contributed by atoms with Crippen molar-refractivity contribution in [2.24, 2.45) is 0 Å². The molecule has 1 aliphatic heterocycles. The highest BCUT2D eigenvalue weighted by Crippen LogP contribution is 2.29. The first-order valence-electron chi connectivity index (χ1n) is 6.44. The summed E-state index contributed by atoms with van der Waals surface area (Å²) in [6.45, 7) is 1.17. The van der Waals surface area contributed by atoms with Gasteiger partial charge >= 0.3 is 0 Å². The molecule has 0 saturated carbocycles. The molecule has 1 aromatic carbocycles. The predicted octanol–water partition coefficient (Wildman–Crippen LogP) is 0.666. The number of amides is 2. The second-order valence-corrected chi connectivity index (χ2v) is 4.47. The van der Waals surface area contributed by atoms with Crippen molar-refractivity contribution in [2.45, 2.75) is 6.42 Å². The number of methoxy groups -OCH3 is 2. The fourth-order valence-electron chi connectivity index (χ4n) is 2.20. The third-order valence-electron chi connectivity index (χ3n) is 3.19. The average molecular weight is 278 g/mol. The zero-order valence-corrected chi connectivity index (χ0v) is 11.6. The van der Waals surface area contributed by atoms with Crippen molar-refractivity contribution in [1.82, 2.24) is 10.2 Å². The summed E-state index contributed by atoms with van der Waals surface area (Å²) in [4.78, 5) is 25.7. The van der Waals surface area contributed by atoms with Gasteiger partial charge in [-0.25, -0.2) is 0 Å². The molecule has 108 valence electrons. The highest BCUT2D eigenvalue weighted by Gasteiger charge is 2.26. The van der Waals surface area contributed by atoms with Gasteiger partial charge in [-0.05, 0) is 18.6 Å². The number of carbonyl (C=O) groups is 2. The predicted molar refractivity (Wildman–Crippen MR) is 73.1 cm³/mol. The minimum Gasteiger partial charge on any atom is -0.496 e. The van der Waals surface area contributed by atoms with Gasteiger partial charge in [-0.15, -0.1) is 0 Å². The Hall–Kier alpha value is -2.24. The van der Waals surface area contributed by atoms with Gasteiger partial charge in [0.2, 0.25) is 5.91 Å². The Bertz CT molecular complexity index is 494. The van der Waals surface area contributed by atoms with E-state index in [-0.39, 0.29) is 18.4 Å². The van der Waals surface area contributed by atoms with E-state index in [1.165, 1.54) is 19.1 Å². The van der Waals surface area contributed by atoms with Crippen LogP contribution in [0.1, 0.15) is 16.8 Å². The average Bonchev–Trinajstić information content (AvgIpc) is 2.70. The fraction of sp³-hybridized carbons (Fsp3) is 0.429. The monoisotopic (exact) mass is 278 g/mol. The van der Waals surface area contributed by atoms with Gasteiger partial charge in [-0.1, -0.05) is 6.07 Å². The molecule has 0 spiro atoms. The normalized spacial score (nSPS) is 15.3. The minimum atomic E-state index is -0.253. The Balaban J connectivity index is 2.34. The summed E-state index contributed by atoms with van der Waals surface area (Å²) in [5.74, 6) is 0.485. The first-order chi connectivity index (χ1) is 9.67. The topological polar surface area (TPSA) is 67.9 Å². The first-order valence-corrected chi connectivity index (χ1v) is 6.44. The molecule has 1 fully saturated rings. The highest BCUT2D eigenvalue weighted by molar-refractivity contribution is 6.01. The molecule has 20 heavy (non-hydrogen) atoms. The number of nitrogens with one attached hydrogen (secondary N) is 1. The Morgan fingerprint density at radius 1 is 1.25 bits per heavy atom. The third kappa shape index (κ3) is 2.84. The van der Waals surface area contributed by atoms with Crippen LogP contribution in [0.3, 0.4) is 0 Å². The van der Waals surface area contributed by atoms with E-state index in [9.17, 15) is 9.59 Å². The van der Waals surface area contributed by atoms with Crippen molar-refractivity contribution in [2.75, 3.05) is 33.9 Å². The molecule has 0 atom stereocenters. The van der Waals surface area contributed by atoms with E-state index >= 15 is 0 Å². The summed E-state index contributed by atoms with van der Waals surface area (Å²) in [6, 6.07) is 5.16.